The monoisotopic (exact) mass is 257 g/mol. The molecule has 1 aromatic carbocycles. The summed E-state index contributed by atoms with van der Waals surface area (Å²) in [5, 5.41) is 0. The van der Waals surface area contributed by atoms with E-state index in [4.69, 9.17) is 11.6 Å². The molecule has 0 bridgehead atoms. The summed E-state index contributed by atoms with van der Waals surface area (Å²) in [6, 6.07) is 9.69. The average molecular weight is 257 g/mol. The number of rotatable bonds is 3. The number of nitrogen functional groups attached to an aromatic ring is 2. The zero-order chi connectivity index (χ0) is 13.8. The lowest BCUT2D eigenvalue weighted by Crippen LogP contribution is -2.32. The van der Waals surface area contributed by atoms with Gasteiger partial charge in [0.05, 0.1) is 17.0 Å². The minimum atomic E-state index is -0.413. The molecule has 0 spiro atoms. The van der Waals surface area contributed by atoms with Crippen LogP contribution in [0.3, 0.4) is 0 Å². The Kier molecular flexibility index (Phi) is 3.72. The van der Waals surface area contributed by atoms with Crippen LogP contribution < -0.4 is 17.0 Å². The van der Waals surface area contributed by atoms with Crippen molar-refractivity contribution in [1.29, 1.82) is 0 Å². The maximum atomic E-state index is 11.8. The molecule has 2 rings (SSSR count). The molecule has 6 heteroatoms. The zero-order valence-corrected chi connectivity index (χ0v) is 10.6. The van der Waals surface area contributed by atoms with E-state index in [0.717, 1.165) is 5.56 Å². The Morgan fingerprint density at radius 3 is 2.58 bits per heavy atom. The van der Waals surface area contributed by atoms with E-state index in [0.29, 0.717) is 23.4 Å². The van der Waals surface area contributed by atoms with E-state index >= 15 is 0 Å². The van der Waals surface area contributed by atoms with E-state index in [2.05, 4.69) is 15.4 Å². The predicted molar refractivity (Wildman–Crippen MR) is 72.1 cm³/mol. The summed E-state index contributed by atoms with van der Waals surface area (Å²) < 4.78 is 0. The first-order valence-corrected chi connectivity index (χ1v) is 5.79. The summed E-state index contributed by atoms with van der Waals surface area (Å²) in [6.45, 7) is 1.71. The van der Waals surface area contributed by atoms with Gasteiger partial charge < -0.3 is 5.73 Å². The SMILES string of the molecule is Cc1nc(N)nc(Cc2ccccc2)c1C(=O)NN. The number of hydrogen-bond donors (Lipinski definition) is 3. The van der Waals surface area contributed by atoms with Crippen LogP contribution in [-0.4, -0.2) is 15.9 Å². The summed E-state index contributed by atoms with van der Waals surface area (Å²) in [4.78, 5) is 19.9. The van der Waals surface area contributed by atoms with E-state index < -0.39 is 5.91 Å². The van der Waals surface area contributed by atoms with Crippen LogP contribution in [0.25, 0.3) is 0 Å². The number of amides is 1. The first-order chi connectivity index (χ1) is 9.11. The molecule has 98 valence electrons. The molecular formula is C13H15N5O. The molecule has 0 radical (unpaired) electrons. The fraction of sp³-hybridized carbons (Fsp3) is 0.154. The Morgan fingerprint density at radius 2 is 1.95 bits per heavy atom. The highest BCUT2D eigenvalue weighted by Gasteiger charge is 2.17. The number of aryl methyl sites for hydroxylation is 1. The van der Waals surface area contributed by atoms with E-state index in [9.17, 15) is 4.79 Å². The molecule has 5 N–H and O–H groups in total. The maximum absolute atomic E-state index is 11.8. The lowest BCUT2D eigenvalue weighted by atomic mass is 10.0. The van der Waals surface area contributed by atoms with Crippen molar-refractivity contribution in [2.24, 2.45) is 5.84 Å². The van der Waals surface area contributed by atoms with E-state index in [1.807, 2.05) is 30.3 Å². The van der Waals surface area contributed by atoms with Gasteiger partial charge in [-0.3, -0.25) is 10.2 Å². The molecule has 0 aliphatic carbocycles. The van der Waals surface area contributed by atoms with Gasteiger partial charge in [-0.25, -0.2) is 15.8 Å². The van der Waals surface area contributed by atoms with Crippen LogP contribution in [0.4, 0.5) is 5.95 Å². The minimum absolute atomic E-state index is 0.150. The molecule has 19 heavy (non-hydrogen) atoms. The van der Waals surface area contributed by atoms with Gasteiger partial charge >= 0.3 is 0 Å². The van der Waals surface area contributed by atoms with Crippen LogP contribution in [-0.2, 0) is 6.42 Å². The molecular weight excluding hydrogens is 242 g/mol. The molecule has 1 amide bonds. The molecule has 0 atom stereocenters. The number of aromatic nitrogens is 2. The van der Waals surface area contributed by atoms with Crippen LogP contribution in [0.15, 0.2) is 30.3 Å². The second-order valence-corrected chi connectivity index (χ2v) is 4.12. The predicted octanol–water partition coefficient (Wildman–Crippen LogP) is 0.562. The molecule has 1 heterocycles. The number of nitrogens with zero attached hydrogens (tertiary/aromatic N) is 2. The Morgan fingerprint density at radius 1 is 1.26 bits per heavy atom. The summed E-state index contributed by atoms with van der Waals surface area (Å²) in [5.41, 5.74) is 10.2. The van der Waals surface area contributed by atoms with Crippen LogP contribution in [0, 0.1) is 6.92 Å². The maximum Gasteiger partial charge on any atom is 0.268 e. The number of nitrogens with one attached hydrogen (secondary N) is 1. The van der Waals surface area contributed by atoms with Gasteiger partial charge in [0.2, 0.25) is 5.95 Å². The quantitative estimate of drug-likeness (QED) is 0.423. The standard InChI is InChI=1S/C13H15N5O/c1-8-11(12(19)18-15)10(17-13(14)16-8)7-9-5-3-2-4-6-9/h2-6H,7,15H2,1H3,(H,18,19)(H2,14,16,17). The van der Waals surface area contributed by atoms with Crippen molar-refractivity contribution in [1.82, 2.24) is 15.4 Å². The van der Waals surface area contributed by atoms with Crippen molar-refractivity contribution in [2.75, 3.05) is 5.73 Å². The number of benzene rings is 1. The molecule has 0 aliphatic rings. The van der Waals surface area contributed by atoms with E-state index in [1.165, 1.54) is 0 Å². The van der Waals surface area contributed by atoms with Gasteiger partial charge in [-0.05, 0) is 12.5 Å². The number of nitrogens with two attached hydrogens (primary N) is 2. The van der Waals surface area contributed by atoms with Gasteiger partial charge in [0.15, 0.2) is 0 Å². The average Bonchev–Trinajstić information content (AvgIpc) is 2.38. The van der Waals surface area contributed by atoms with Crippen LogP contribution in [0.5, 0.6) is 0 Å². The Bertz CT molecular complexity index is 597. The molecule has 1 aromatic heterocycles. The van der Waals surface area contributed by atoms with Crippen molar-refractivity contribution in [2.45, 2.75) is 13.3 Å². The van der Waals surface area contributed by atoms with Gasteiger partial charge in [-0.1, -0.05) is 30.3 Å². The molecule has 0 fully saturated rings. The van der Waals surface area contributed by atoms with Crippen molar-refractivity contribution in [3.63, 3.8) is 0 Å². The summed E-state index contributed by atoms with van der Waals surface area (Å²) >= 11 is 0. The third-order valence-corrected chi connectivity index (χ3v) is 2.75. The Labute approximate surface area is 110 Å². The number of hydrogen-bond acceptors (Lipinski definition) is 5. The van der Waals surface area contributed by atoms with Gasteiger partial charge in [-0.15, -0.1) is 0 Å². The fourth-order valence-electron chi connectivity index (χ4n) is 1.94. The van der Waals surface area contributed by atoms with Crippen LogP contribution in [0.1, 0.15) is 27.3 Å². The smallest absolute Gasteiger partial charge is 0.268 e. The summed E-state index contributed by atoms with van der Waals surface area (Å²) in [7, 11) is 0. The second-order valence-electron chi connectivity index (χ2n) is 4.12. The first-order valence-electron chi connectivity index (χ1n) is 5.79. The first kappa shape index (κ1) is 13.0. The zero-order valence-electron chi connectivity index (χ0n) is 10.6. The third kappa shape index (κ3) is 2.86. The minimum Gasteiger partial charge on any atom is -0.368 e. The van der Waals surface area contributed by atoms with Crippen molar-refractivity contribution in [3.8, 4) is 0 Å². The van der Waals surface area contributed by atoms with E-state index in [1.54, 1.807) is 6.92 Å². The van der Waals surface area contributed by atoms with Crippen molar-refractivity contribution < 1.29 is 4.79 Å². The largest absolute Gasteiger partial charge is 0.368 e. The molecule has 0 aliphatic heterocycles. The lowest BCUT2D eigenvalue weighted by molar-refractivity contribution is 0.0951. The number of anilines is 1. The Hall–Kier alpha value is -2.47. The fourth-order valence-corrected chi connectivity index (χ4v) is 1.94. The third-order valence-electron chi connectivity index (χ3n) is 2.75. The summed E-state index contributed by atoms with van der Waals surface area (Å²) in [5.74, 6) is 4.92. The van der Waals surface area contributed by atoms with Gasteiger partial charge in [-0.2, -0.15) is 0 Å². The van der Waals surface area contributed by atoms with Crippen molar-refractivity contribution in [3.05, 3.63) is 52.8 Å². The van der Waals surface area contributed by atoms with Gasteiger partial charge in [0.1, 0.15) is 0 Å². The highest BCUT2D eigenvalue weighted by atomic mass is 16.2. The molecule has 0 saturated heterocycles. The molecule has 0 saturated carbocycles. The topological polar surface area (TPSA) is 107 Å². The normalized spacial score (nSPS) is 10.2. The lowest BCUT2D eigenvalue weighted by Gasteiger charge is -2.10. The highest BCUT2D eigenvalue weighted by molar-refractivity contribution is 5.96. The highest BCUT2D eigenvalue weighted by Crippen LogP contribution is 2.16. The van der Waals surface area contributed by atoms with Gasteiger partial charge in [0.25, 0.3) is 5.91 Å². The molecule has 0 unspecified atom stereocenters. The van der Waals surface area contributed by atoms with Gasteiger partial charge in [0, 0.05) is 6.42 Å². The second kappa shape index (κ2) is 5.45. The van der Waals surface area contributed by atoms with Crippen molar-refractivity contribution >= 4 is 11.9 Å². The van der Waals surface area contributed by atoms with Crippen LogP contribution in [0.2, 0.25) is 0 Å². The number of hydrazine groups is 1. The molecule has 6 nitrogen and oxygen atoms in total. The molecule has 2 aromatic rings. The van der Waals surface area contributed by atoms with E-state index in [-0.39, 0.29) is 5.95 Å². The Balaban J connectivity index is 2.46. The van der Waals surface area contributed by atoms with Crippen LogP contribution >= 0.6 is 0 Å². The number of carbonyl (C=O) groups is 1. The summed E-state index contributed by atoms with van der Waals surface area (Å²) in [6.07, 6.45) is 0.497. The number of carbonyl (C=O) groups excluding carboxylic acids is 1.